The summed E-state index contributed by atoms with van der Waals surface area (Å²) in [6.07, 6.45) is 0. The molecule has 0 atom stereocenters. The third kappa shape index (κ3) is 1.62. The van der Waals surface area contributed by atoms with Crippen LogP contribution in [0.15, 0.2) is 23.9 Å². The molecule has 4 heteroatoms. The molecule has 1 aliphatic rings. The number of carbonyl (C=O) groups is 1. The van der Waals surface area contributed by atoms with Gasteiger partial charge in [0.05, 0.1) is 7.11 Å². The predicted octanol–water partition coefficient (Wildman–Crippen LogP) is 1.61. The van der Waals surface area contributed by atoms with Gasteiger partial charge in [-0.25, -0.2) is 0 Å². The molecule has 1 aromatic carbocycles. The van der Waals surface area contributed by atoms with E-state index in [1.807, 2.05) is 6.07 Å². The zero-order valence-corrected chi connectivity index (χ0v) is 9.20. The monoisotopic (exact) mass is 219 g/mol. The van der Waals surface area contributed by atoms with E-state index in [1.54, 1.807) is 19.2 Å². The molecule has 0 radical (unpaired) electrons. The molecule has 0 aliphatic carbocycles. The lowest BCUT2D eigenvalue weighted by atomic mass is 9.99. The number of ether oxygens (including phenoxy) is 1. The molecule has 0 saturated heterocycles. The summed E-state index contributed by atoms with van der Waals surface area (Å²) in [5, 5.41) is 12.8. The summed E-state index contributed by atoms with van der Waals surface area (Å²) in [4.78, 5) is 11.2. The maximum Gasteiger partial charge on any atom is 0.179 e. The number of aliphatic hydroxyl groups is 1. The Kier molecular flexibility index (Phi) is 2.56. The van der Waals surface area contributed by atoms with Crippen LogP contribution in [0.5, 0.6) is 5.75 Å². The lowest BCUT2D eigenvalue weighted by Gasteiger charge is -2.20. The number of aliphatic hydroxyl groups excluding tert-OH is 1. The van der Waals surface area contributed by atoms with Crippen molar-refractivity contribution in [3.63, 3.8) is 0 Å². The summed E-state index contributed by atoms with van der Waals surface area (Å²) < 4.78 is 5.10. The standard InChI is InChI=1S/C12H13NO3/c1-7(14)11-12(15)10-4-3-9(16-2)5-8(10)6-13-11/h3-5,13,15H,6H2,1-2H3. The fraction of sp³-hybridized carbons (Fsp3) is 0.250. The van der Waals surface area contributed by atoms with Crippen LogP contribution < -0.4 is 10.1 Å². The third-order valence-corrected chi connectivity index (χ3v) is 2.61. The largest absolute Gasteiger partial charge is 0.505 e. The minimum atomic E-state index is -0.168. The summed E-state index contributed by atoms with van der Waals surface area (Å²) in [6.45, 7) is 1.94. The number of hydrogen-bond acceptors (Lipinski definition) is 4. The van der Waals surface area contributed by atoms with E-state index >= 15 is 0 Å². The molecule has 0 unspecified atom stereocenters. The molecule has 4 nitrogen and oxygen atoms in total. The first-order chi connectivity index (χ1) is 7.63. The summed E-state index contributed by atoms with van der Waals surface area (Å²) >= 11 is 0. The van der Waals surface area contributed by atoms with Crippen LogP contribution in [-0.4, -0.2) is 18.0 Å². The second-order valence-corrected chi connectivity index (χ2v) is 3.66. The fourth-order valence-electron chi connectivity index (χ4n) is 1.77. The predicted molar refractivity (Wildman–Crippen MR) is 60.1 cm³/mol. The number of Topliss-reactive ketones (excluding diaryl/α,β-unsaturated/α-hetero) is 1. The Morgan fingerprint density at radius 1 is 1.50 bits per heavy atom. The molecule has 0 spiro atoms. The highest BCUT2D eigenvalue weighted by atomic mass is 16.5. The van der Waals surface area contributed by atoms with Gasteiger partial charge in [0.15, 0.2) is 5.78 Å². The Labute approximate surface area is 93.5 Å². The van der Waals surface area contributed by atoms with E-state index in [0.717, 1.165) is 11.3 Å². The van der Waals surface area contributed by atoms with Gasteiger partial charge in [-0.05, 0) is 23.8 Å². The van der Waals surface area contributed by atoms with Crippen molar-refractivity contribution in [2.24, 2.45) is 0 Å². The summed E-state index contributed by atoms with van der Waals surface area (Å²) in [6, 6.07) is 5.36. The Morgan fingerprint density at radius 2 is 2.25 bits per heavy atom. The highest BCUT2D eigenvalue weighted by molar-refractivity contribution is 5.99. The maximum atomic E-state index is 11.2. The number of benzene rings is 1. The molecule has 0 amide bonds. The minimum absolute atomic E-state index is 0.0106. The van der Waals surface area contributed by atoms with Crippen molar-refractivity contribution < 1.29 is 14.6 Å². The number of rotatable bonds is 2. The molecule has 0 fully saturated rings. The summed E-state index contributed by atoms with van der Waals surface area (Å²) in [5.41, 5.74) is 1.88. The van der Waals surface area contributed by atoms with E-state index < -0.39 is 0 Å². The lowest BCUT2D eigenvalue weighted by molar-refractivity contribution is -0.114. The Balaban J connectivity index is 2.51. The third-order valence-electron chi connectivity index (χ3n) is 2.61. The molecule has 1 aliphatic heterocycles. The number of ketones is 1. The minimum Gasteiger partial charge on any atom is -0.505 e. The first-order valence-electron chi connectivity index (χ1n) is 4.99. The SMILES string of the molecule is COc1ccc2c(c1)CNC(C(C)=O)=C2O. The maximum absolute atomic E-state index is 11.2. The Morgan fingerprint density at radius 3 is 2.88 bits per heavy atom. The Bertz CT molecular complexity index is 477. The van der Waals surface area contributed by atoms with Gasteiger partial charge in [-0.3, -0.25) is 4.79 Å². The molecule has 2 N–H and O–H groups in total. The molecule has 84 valence electrons. The first kappa shape index (κ1) is 10.5. The molecule has 0 aromatic heterocycles. The van der Waals surface area contributed by atoms with Gasteiger partial charge in [0.2, 0.25) is 0 Å². The number of fused-ring (bicyclic) bond motifs is 1. The molecule has 1 heterocycles. The lowest BCUT2D eigenvalue weighted by Crippen LogP contribution is -2.25. The van der Waals surface area contributed by atoms with Crippen molar-refractivity contribution in [3.8, 4) is 5.75 Å². The second-order valence-electron chi connectivity index (χ2n) is 3.66. The number of carbonyl (C=O) groups excluding carboxylic acids is 1. The van der Waals surface area contributed by atoms with E-state index in [1.165, 1.54) is 6.92 Å². The van der Waals surface area contributed by atoms with Gasteiger partial charge in [0.25, 0.3) is 0 Å². The first-order valence-corrected chi connectivity index (χ1v) is 4.99. The average Bonchev–Trinajstić information content (AvgIpc) is 2.28. The van der Waals surface area contributed by atoms with Gasteiger partial charge < -0.3 is 15.2 Å². The highest BCUT2D eigenvalue weighted by Crippen LogP contribution is 2.27. The molecular weight excluding hydrogens is 206 g/mol. The van der Waals surface area contributed by atoms with Crippen LogP contribution in [0.3, 0.4) is 0 Å². The van der Waals surface area contributed by atoms with E-state index in [9.17, 15) is 9.90 Å². The summed E-state index contributed by atoms with van der Waals surface area (Å²) in [7, 11) is 1.59. The van der Waals surface area contributed by atoms with Crippen molar-refractivity contribution >= 4 is 11.5 Å². The van der Waals surface area contributed by atoms with Crippen molar-refractivity contribution in [3.05, 3.63) is 35.0 Å². The van der Waals surface area contributed by atoms with E-state index in [0.29, 0.717) is 12.1 Å². The molecular formula is C12H13NO3. The summed E-state index contributed by atoms with van der Waals surface area (Å²) in [5.74, 6) is 0.579. The highest BCUT2D eigenvalue weighted by Gasteiger charge is 2.20. The topological polar surface area (TPSA) is 58.6 Å². The molecule has 16 heavy (non-hydrogen) atoms. The van der Waals surface area contributed by atoms with Crippen LogP contribution in [0.4, 0.5) is 0 Å². The second kappa shape index (κ2) is 3.89. The van der Waals surface area contributed by atoms with Crippen LogP contribution >= 0.6 is 0 Å². The van der Waals surface area contributed by atoms with Crippen LogP contribution in [0.1, 0.15) is 18.1 Å². The normalized spacial score (nSPS) is 14.1. The van der Waals surface area contributed by atoms with Crippen molar-refractivity contribution in [2.75, 3.05) is 7.11 Å². The van der Waals surface area contributed by atoms with Crippen molar-refractivity contribution in [1.82, 2.24) is 5.32 Å². The van der Waals surface area contributed by atoms with Crippen LogP contribution in [-0.2, 0) is 11.3 Å². The van der Waals surface area contributed by atoms with Crippen LogP contribution in [0, 0.1) is 0 Å². The molecule has 0 saturated carbocycles. The fourth-order valence-corrected chi connectivity index (χ4v) is 1.77. The van der Waals surface area contributed by atoms with Gasteiger partial charge in [-0.1, -0.05) is 0 Å². The van der Waals surface area contributed by atoms with Gasteiger partial charge >= 0.3 is 0 Å². The molecule has 0 bridgehead atoms. The number of allylic oxidation sites excluding steroid dienone is 1. The smallest absolute Gasteiger partial charge is 0.179 e. The molecule has 1 aromatic rings. The van der Waals surface area contributed by atoms with Crippen molar-refractivity contribution in [2.45, 2.75) is 13.5 Å². The van der Waals surface area contributed by atoms with Gasteiger partial charge in [0, 0.05) is 19.0 Å². The van der Waals surface area contributed by atoms with Crippen LogP contribution in [0.25, 0.3) is 5.76 Å². The van der Waals surface area contributed by atoms with Gasteiger partial charge in [-0.15, -0.1) is 0 Å². The number of methoxy groups -OCH3 is 1. The average molecular weight is 219 g/mol. The van der Waals surface area contributed by atoms with Gasteiger partial charge in [0.1, 0.15) is 17.2 Å². The zero-order chi connectivity index (χ0) is 11.7. The van der Waals surface area contributed by atoms with E-state index in [2.05, 4.69) is 5.32 Å². The Hall–Kier alpha value is -1.97. The quantitative estimate of drug-likeness (QED) is 0.793. The van der Waals surface area contributed by atoms with Gasteiger partial charge in [-0.2, -0.15) is 0 Å². The number of hydrogen-bond donors (Lipinski definition) is 2. The number of nitrogens with one attached hydrogen (secondary N) is 1. The van der Waals surface area contributed by atoms with E-state index in [-0.39, 0.29) is 17.2 Å². The van der Waals surface area contributed by atoms with Crippen LogP contribution in [0.2, 0.25) is 0 Å². The van der Waals surface area contributed by atoms with E-state index in [4.69, 9.17) is 4.74 Å². The van der Waals surface area contributed by atoms with Crippen molar-refractivity contribution in [1.29, 1.82) is 0 Å². The zero-order valence-electron chi connectivity index (χ0n) is 9.20. The molecule has 2 rings (SSSR count).